The summed E-state index contributed by atoms with van der Waals surface area (Å²) in [6.07, 6.45) is 3.39. The van der Waals surface area contributed by atoms with Gasteiger partial charge in [0, 0.05) is 35.2 Å². The Morgan fingerprint density at radius 3 is 2.69 bits per heavy atom. The third kappa shape index (κ3) is 4.57. The number of carbonyl (C=O) groups excluding carboxylic acids is 1. The number of amides is 1. The zero-order chi connectivity index (χ0) is 20.2. The Morgan fingerprint density at radius 2 is 1.86 bits per heavy atom. The van der Waals surface area contributed by atoms with Gasteiger partial charge in [0.2, 0.25) is 5.91 Å². The molecular formula is C24H25N3OS. The third-order valence-electron chi connectivity index (χ3n) is 5.03. The number of fused-ring (bicyclic) bond motifs is 1. The van der Waals surface area contributed by atoms with Gasteiger partial charge < -0.3 is 9.88 Å². The average Bonchev–Trinajstić information content (AvgIpc) is 3.29. The van der Waals surface area contributed by atoms with E-state index in [0.29, 0.717) is 13.0 Å². The van der Waals surface area contributed by atoms with Crippen LogP contribution in [0.1, 0.15) is 21.9 Å². The fourth-order valence-electron chi connectivity index (χ4n) is 3.55. The van der Waals surface area contributed by atoms with Crippen LogP contribution in [0.3, 0.4) is 0 Å². The van der Waals surface area contributed by atoms with Gasteiger partial charge in [-0.1, -0.05) is 48.0 Å². The molecule has 0 radical (unpaired) electrons. The topological polar surface area (TPSA) is 46.9 Å². The Bertz CT molecular complexity index is 1120. The van der Waals surface area contributed by atoms with Gasteiger partial charge in [-0.3, -0.25) is 4.79 Å². The number of rotatable bonds is 7. The molecule has 4 rings (SSSR count). The number of thiazole rings is 1. The molecule has 148 valence electrons. The summed E-state index contributed by atoms with van der Waals surface area (Å²) in [7, 11) is 0. The van der Waals surface area contributed by atoms with E-state index < -0.39 is 0 Å². The number of hydrogen-bond donors (Lipinski definition) is 1. The maximum Gasteiger partial charge on any atom is 0.225 e. The number of hydrogen-bond acceptors (Lipinski definition) is 3. The molecule has 0 saturated carbocycles. The minimum atomic E-state index is 0.0550. The van der Waals surface area contributed by atoms with Crippen LogP contribution in [-0.4, -0.2) is 22.0 Å². The molecule has 0 aliphatic heterocycles. The second-order valence-corrected chi connectivity index (χ2v) is 8.61. The van der Waals surface area contributed by atoms with Gasteiger partial charge in [0.25, 0.3) is 0 Å². The number of aromatic nitrogens is 2. The molecule has 2 aromatic heterocycles. The molecule has 0 unspecified atom stereocenters. The normalized spacial score (nSPS) is 11.1. The van der Waals surface area contributed by atoms with Crippen molar-refractivity contribution in [2.75, 3.05) is 6.54 Å². The largest absolute Gasteiger partial charge is 0.356 e. The summed E-state index contributed by atoms with van der Waals surface area (Å²) in [5.41, 5.74) is 4.46. The third-order valence-corrected chi connectivity index (χ3v) is 6.00. The Labute approximate surface area is 175 Å². The molecule has 0 aliphatic carbocycles. The lowest BCUT2D eigenvalue weighted by Crippen LogP contribution is -2.26. The Balaban J connectivity index is 1.33. The van der Waals surface area contributed by atoms with Gasteiger partial charge in [-0.2, -0.15) is 0 Å². The molecule has 0 bridgehead atoms. The lowest BCUT2D eigenvalue weighted by atomic mass is 10.1. The van der Waals surface area contributed by atoms with Crippen LogP contribution in [-0.2, 0) is 17.8 Å². The van der Waals surface area contributed by atoms with Crippen LogP contribution in [0.4, 0.5) is 0 Å². The van der Waals surface area contributed by atoms with Gasteiger partial charge in [0.1, 0.15) is 0 Å². The van der Waals surface area contributed by atoms with Crippen molar-refractivity contribution in [3.05, 3.63) is 76.2 Å². The van der Waals surface area contributed by atoms with E-state index in [1.165, 1.54) is 16.5 Å². The summed E-state index contributed by atoms with van der Waals surface area (Å²) in [6.45, 7) is 5.62. The predicted octanol–water partition coefficient (Wildman–Crippen LogP) is 5.13. The van der Waals surface area contributed by atoms with Crippen molar-refractivity contribution >= 4 is 28.1 Å². The van der Waals surface area contributed by atoms with E-state index in [2.05, 4.69) is 82.6 Å². The fraction of sp³-hybridized carbons (Fsp3) is 0.250. The first-order valence-corrected chi connectivity index (χ1v) is 10.8. The van der Waals surface area contributed by atoms with Gasteiger partial charge in [0.05, 0.1) is 17.1 Å². The number of aryl methyl sites for hydroxylation is 3. The smallest absolute Gasteiger partial charge is 0.225 e. The standard InChI is InChI=1S/C24H25N3OS/c1-17-8-10-20(11-9-17)24-22(29-18(2)26-24)16-23(28)25-13-5-14-27-15-12-19-6-3-4-7-21(19)27/h3-4,6-12,15H,5,13-14,16H2,1-2H3,(H,25,28). The summed E-state index contributed by atoms with van der Waals surface area (Å²) in [5, 5.41) is 5.30. The van der Waals surface area contributed by atoms with Crippen molar-refractivity contribution in [3.8, 4) is 11.3 Å². The highest BCUT2D eigenvalue weighted by Gasteiger charge is 2.14. The zero-order valence-corrected chi connectivity index (χ0v) is 17.6. The molecule has 0 fully saturated rings. The molecule has 0 atom stereocenters. The van der Waals surface area contributed by atoms with E-state index in [-0.39, 0.29) is 5.91 Å². The minimum Gasteiger partial charge on any atom is -0.356 e. The number of nitrogens with one attached hydrogen (secondary N) is 1. The van der Waals surface area contributed by atoms with Crippen LogP contribution in [0.15, 0.2) is 60.8 Å². The van der Waals surface area contributed by atoms with E-state index in [9.17, 15) is 4.79 Å². The summed E-state index contributed by atoms with van der Waals surface area (Å²) in [5.74, 6) is 0.0550. The molecule has 0 saturated heterocycles. The van der Waals surface area contributed by atoms with Crippen molar-refractivity contribution in [1.29, 1.82) is 0 Å². The van der Waals surface area contributed by atoms with Crippen LogP contribution in [0, 0.1) is 13.8 Å². The maximum atomic E-state index is 12.5. The second kappa shape index (κ2) is 8.62. The molecule has 4 nitrogen and oxygen atoms in total. The maximum absolute atomic E-state index is 12.5. The monoisotopic (exact) mass is 403 g/mol. The van der Waals surface area contributed by atoms with Crippen molar-refractivity contribution in [3.63, 3.8) is 0 Å². The Hall–Kier alpha value is -2.92. The highest BCUT2D eigenvalue weighted by Crippen LogP contribution is 2.28. The van der Waals surface area contributed by atoms with Gasteiger partial charge in [-0.05, 0) is 37.8 Å². The van der Waals surface area contributed by atoms with Gasteiger partial charge >= 0.3 is 0 Å². The lowest BCUT2D eigenvalue weighted by Gasteiger charge is -2.08. The summed E-state index contributed by atoms with van der Waals surface area (Å²) in [4.78, 5) is 18.2. The van der Waals surface area contributed by atoms with Gasteiger partial charge in [-0.15, -0.1) is 11.3 Å². The minimum absolute atomic E-state index is 0.0550. The van der Waals surface area contributed by atoms with Crippen LogP contribution >= 0.6 is 11.3 Å². The van der Waals surface area contributed by atoms with Crippen molar-refractivity contribution in [2.45, 2.75) is 33.2 Å². The van der Waals surface area contributed by atoms with Crippen LogP contribution < -0.4 is 5.32 Å². The number of para-hydroxylation sites is 1. The Morgan fingerprint density at radius 1 is 1.07 bits per heavy atom. The fourth-order valence-corrected chi connectivity index (χ4v) is 4.50. The highest BCUT2D eigenvalue weighted by molar-refractivity contribution is 7.12. The molecule has 1 amide bonds. The number of nitrogens with zero attached hydrogens (tertiary/aromatic N) is 2. The SMILES string of the molecule is Cc1ccc(-c2nc(C)sc2CC(=O)NCCCn2ccc3ccccc32)cc1. The summed E-state index contributed by atoms with van der Waals surface area (Å²) in [6, 6.07) is 18.8. The summed E-state index contributed by atoms with van der Waals surface area (Å²) >= 11 is 1.60. The second-order valence-electron chi connectivity index (χ2n) is 7.32. The van der Waals surface area contributed by atoms with Crippen LogP contribution in [0.25, 0.3) is 22.2 Å². The quantitative estimate of drug-likeness (QED) is 0.435. The summed E-state index contributed by atoms with van der Waals surface area (Å²) < 4.78 is 2.24. The van der Waals surface area contributed by atoms with E-state index >= 15 is 0 Å². The molecule has 2 heterocycles. The van der Waals surface area contributed by atoms with Gasteiger partial charge in [0.15, 0.2) is 0 Å². The number of benzene rings is 2. The lowest BCUT2D eigenvalue weighted by molar-refractivity contribution is -0.120. The van der Waals surface area contributed by atoms with E-state index in [1.807, 2.05) is 6.92 Å². The van der Waals surface area contributed by atoms with Gasteiger partial charge in [-0.25, -0.2) is 4.98 Å². The molecule has 29 heavy (non-hydrogen) atoms. The zero-order valence-electron chi connectivity index (χ0n) is 16.8. The Kier molecular flexibility index (Phi) is 5.76. The molecule has 5 heteroatoms. The van der Waals surface area contributed by atoms with E-state index in [4.69, 9.17) is 0 Å². The molecule has 4 aromatic rings. The van der Waals surface area contributed by atoms with E-state index in [1.54, 1.807) is 11.3 Å². The first-order valence-electron chi connectivity index (χ1n) is 9.94. The van der Waals surface area contributed by atoms with Crippen molar-refractivity contribution in [1.82, 2.24) is 14.9 Å². The molecule has 1 N–H and O–H groups in total. The predicted molar refractivity (Wildman–Crippen MR) is 120 cm³/mol. The highest BCUT2D eigenvalue weighted by atomic mass is 32.1. The first-order chi connectivity index (χ1) is 14.1. The molecule has 2 aromatic carbocycles. The van der Waals surface area contributed by atoms with Crippen LogP contribution in [0.2, 0.25) is 0 Å². The van der Waals surface area contributed by atoms with Crippen LogP contribution in [0.5, 0.6) is 0 Å². The molecule has 0 spiro atoms. The molecular weight excluding hydrogens is 378 g/mol. The number of carbonyl (C=O) groups is 1. The van der Waals surface area contributed by atoms with Crippen molar-refractivity contribution < 1.29 is 4.79 Å². The average molecular weight is 404 g/mol. The van der Waals surface area contributed by atoms with Crippen molar-refractivity contribution in [2.24, 2.45) is 0 Å². The first kappa shape index (κ1) is 19.4. The van der Waals surface area contributed by atoms with E-state index in [0.717, 1.165) is 34.1 Å². The molecule has 0 aliphatic rings.